The maximum atomic E-state index is 12.4. The number of hydrogen-bond acceptors (Lipinski definition) is 5. The molecule has 0 spiro atoms. The summed E-state index contributed by atoms with van der Waals surface area (Å²) in [5.74, 6) is 0.766. The highest BCUT2D eigenvalue weighted by Gasteiger charge is 2.24. The van der Waals surface area contributed by atoms with Crippen molar-refractivity contribution in [2.75, 3.05) is 16.8 Å². The van der Waals surface area contributed by atoms with E-state index in [0.717, 1.165) is 24.5 Å². The minimum Gasteiger partial charge on any atom is -0.338 e. The molecule has 0 atom stereocenters. The van der Waals surface area contributed by atoms with Crippen molar-refractivity contribution in [3.05, 3.63) is 23.5 Å². The number of nitrogens with one attached hydrogen (secondary N) is 1. The van der Waals surface area contributed by atoms with Crippen LogP contribution in [-0.2, 0) is 16.1 Å². The fourth-order valence-corrected chi connectivity index (χ4v) is 2.64. The molecule has 3 rings (SSSR count). The average Bonchev–Trinajstić information content (AvgIpc) is 3.08. The molecule has 0 radical (unpaired) electrons. The minimum atomic E-state index is -0.267. The van der Waals surface area contributed by atoms with Crippen molar-refractivity contribution < 1.29 is 14.1 Å². The number of carbonyl (C=O) groups is 2. The van der Waals surface area contributed by atoms with Crippen LogP contribution in [0.4, 0.5) is 11.7 Å². The van der Waals surface area contributed by atoms with Gasteiger partial charge in [-0.3, -0.25) is 19.8 Å². The molecule has 0 saturated heterocycles. The molecule has 0 aliphatic carbocycles. The number of nitrogens with zero attached hydrogens (tertiary/aromatic N) is 4. The lowest BCUT2D eigenvalue weighted by molar-refractivity contribution is -0.122. The molecule has 122 valence electrons. The van der Waals surface area contributed by atoms with Gasteiger partial charge in [0.2, 0.25) is 17.7 Å². The largest absolute Gasteiger partial charge is 0.338 e. The molecule has 8 nitrogen and oxygen atoms in total. The second-order valence-electron chi connectivity index (χ2n) is 5.65. The Morgan fingerprint density at radius 2 is 2.04 bits per heavy atom. The first-order valence-electron chi connectivity index (χ1n) is 7.61. The van der Waals surface area contributed by atoms with E-state index in [9.17, 15) is 9.59 Å². The Labute approximate surface area is 133 Å². The molecule has 1 aliphatic rings. The van der Waals surface area contributed by atoms with Gasteiger partial charge in [-0.2, -0.15) is 5.10 Å². The predicted octanol–water partition coefficient (Wildman–Crippen LogP) is 1.64. The quantitative estimate of drug-likeness (QED) is 0.925. The van der Waals surface area contributed by atoms with Crippen LogP contribution in [0.25, 0.3) is 0 Å². The van der Waals surface area contributed by atoms with Gasteiger partial charge in [0.15, 0.2) is 0 Å². The minimum absolute atomic E-state index is 0.0743. The van der Waals surface area contributed by atoms with E-state index in [4.69, 9.17) is 4.52 Å². The molecule has 0 aromatic carbocycles. The van der Waals surface area contributed by atoms with Gasteiger partial charge in [0.25, 0.3) is 0 Å². The second-order valence-corrected chi connectivity index (χ2v) is 5.65. The molecule has 0 saturated carbocycles. The molecule has 2 amide bonds. The van der Waals surface area contributed by atoms with Crippen molar-refractivity contribution in [3.8, 4) is 0 Å². The van der Waals surface area contributed by atoms with Gasteiger partial charge in [-0.1, -0.05) is 5.16 Å². The molecule has 0 fully saturated rings. The predicted molar refractivity (Wildman–Crippen MR) is 83.0 cm³/mol. The van der Waals surface area contributed by atoms with Crippen molar-refractivity contribution in [2.24, 2.45) is 0 Å². The van der Waals surface area contributed by atoms with Gasteiger partial charge in [0.1, 0.15) is 5.82 Å². The third kappa shape index (κ3) is 3.41. The maximum absolute atomic E-state index is 12.4. The lowest BCUT2D eigenvalue weighted by Crippen LogP contribution is -2.37. The smallest absolute Gasteiger partial charge is 0.231 e. The Bertz CT molecular complexity index is 733. The van der Waals surface area contributed by atoms with Crippen molar-refractivity contribution in [1.29, 1.82) is 0 Å². The van der Waals surface area contributed by atoms with Crippen molar-refractivity contribution in [1.82, 2.24) is 14.9 Å². The topological polar surface area (TPSA) is 93.3 Å². The summed E-state index contributed by atoms with van der Waals surface area (Å²) in [5.41, 5.74) is 1.58. The summed E-state index contributed by atoms with van der Waals surface area (Å²) in [6, 6.07) is 3.53. The Hall–Kier alpha value is -2.64. The molecule has 0 unspecified atom stereocenters. The first-order valence-corrected chi connectivity index (χ1v) is 7.61. The van der Waals surface area contributed by atoms with Gasteiger partial charge >= 0.3 is 0 Å². The van der Waals surface area contributed by atoms with Crippen LogP contribution in [0.15, 0.2) is 16.7 Å². The zero-order valence-corrected chi connectivity index (χ0v) is 13.2. The summed E-state index contributed by atoms with van der Waals surface area (Å²) in [6.45, 7) is 5.15. The molecular weight excluding hydrogens is 298 g/mol. The fraction of sp³-hybridized carbons (Fsp3) is 0.467. The Balaban J connectivity index is 1.56. The summed E-state index contributed by atoms with van der Waals surface area (Å²) in [6.07, 6.45) is 1.11. The number of aromatic nitrogens is 3. The number of fused-ring (bicyclic) bond motifs is 1. The summed E-state index contributed by atoms with van der Waals surface area (Å²) < 4.78 is 6.76. The molecule has 2 aromatic rings. The fourth-order valence-electron chi connectivity index (χ4n) is 2.64. The SMILES string of the molecule is Cc1cc(NC(=O)CCC(=O)N2CCCn3nc(C)cc32)on1. The number of rotatable bonds is 4. The lowest BCUT2D eigenvalue weighted by atomic mass is 10.2. The molecule has 2 aromatic heterocycles. The molecule has 23 heavy (non-hydrogen) atoms. The molecule has 8 heteroatoms. The van der Waals surface area contributed by atoms with E-state index < -0.39 is 0 Å². The third-order valence-electron chi connectivity index (χ3n) is 3.67. The van der Waals surface area contributed by atoms with Crippen molar-refractivity contribution in [2.45, 2.75) is 39.7 Å². The number of hydrogen-bond donors (Lipinski definition) is 1. The van der Waals surface area contributed by atoms with E-state index in [1.807, 2.05) is 17.7 Å². The van der Waals surface area contributed by atoms with Gasteiger partial charge in [-0.05, 0) is 20.3 Å². The highest BCUT2D eigenvalue weighted by atomic mass is 16.5. The van der Waals surface area contributed by atoms with E-state index in [2.05, 4.69) is 15.6 Å². The highest BCUT2D eigenvalue weighted by molar-refractivity contribution is 5.97. The van der Waals surface area contributed by atoms with Crippen molar-refractivity contribution in [3.63, 3.8) is 0 Å². The van der Waals surface area contributed by atoms with Crippen LogP contribution in [-0.4, -0.2) is 33.3 Å². The van der Waals surface area contributed by atoms with E-state index in [1.165, 1.54) is 0 Å². The molecule has 1 aliphatic heterocycles. The molecular formula is C15H19N5O3. The summed E-state index contributed by atoms with van der Waals surface area (Å²) in [7, 11) is 0. The van der Waals surface area contributed by atoms with Gasteiger partial charge < -0.3 is 4.52 Å². The number of aryl methyl sites for hydroxylation is 3. The first-order chi connectivity index (χ1) is 11.0. The van der Waals surface area contributed by atoms with E-state index in [-0.39, 0.29) is 24.7 Å². The molecule has 1 N–H and O–H groups in total. The zero-order valence-electron chi connectivity index (χ0n) is 13.2. The second kappa shape index (κ2) is 6.23. The zero-order chi connectivity index (χ0) is 16.4. The average molecular weight is 317 g/mol. The molecule has 3 heterocycles. The third-order valence-corrected chi connectivity index (χ3v) is 3.67. The molecule has 0 bridgehead atoms. The summed E-state index contributed by atoms with van der Waals surface area (Å²) in [5, 5.41) is 10.6. The number of carbonyl (C=O) groups excluding carboxylic acids is 2. The Kier molecular flexibility index (Phi) is 4.14. The van der Waals surface area contributed by atoms with E-state index >= 15 is 0 Å². The lowest BCUT2D eigenvalue weighted by Gasteiger charge is -2.27. The van der Waals surface area contributed by atoms with E-state index in [0.29, 0.717) is 18.1 Å². The van der Waals surface area contributed by atoms with Crippen LogP contribution in [0.3, 0.4) is 0 Å². The van der Waals surface area contributed by atoms with Crippen LogP contribution in [0.5, 0.6) is 0 Å². The van der Waals surface area contributed by atoms with Gasteiger partial charge in [-0.15, -0.1) is 0 Å². The van der Waals surface area contributed by atoms with Gasteiger partial charge in [0.05, 0.1) is 11.4 Å². The summed E-state index contributed by atoms with van der Waals surface area (Å²) in [4.78, 5) is 26.0. The van der Waals surface area contributed by atoms with Crippen LogP contribution < -0.4 is 10.2 Å². The van der Waals surface area contributed by atoms with Crippen LogP contribution in [0.1, 0.15) is 30.7 Å². The normalized spacial score (nSPS) is 13.7. The van der Waals surface area contributed by atoms with Gasteiger partial charge in [-0.25, -0.2) is 4.68 Å². The van der Waals surface area contributed by atoms with Gasteiger partial charge in [0, 0.05) is 38.1 Å². The first kappa shape index (κ1) is 15.3. The number of anilines is 2. The maximum Gasteiger partial charge on any atom is 0.231 e. The summed E-state index contributed by atoms with van der Waals surface area (Å²) >= 11 is 0. The van der Waals surface area contributed by atoms with Crippen molar-refractivity contribution >= 4 is 23.5 Å². The Morgan fingerprint density at radius 1 is 1.22 bits per heavy atom. The van der Waals surface area contributed by atoms with Crippen LogP contribution in [0, 0.1) is 13.8 Å². The van der Waals surface area contributed by atoms with E-state index in [1.54, 1.807) is 17.9 Å². The van der Waals surface area contributed by atoms with Crippen LogP contribution >= 0.6 is 0 Å². The van der Waals surface area contributed by atoms with Crippen LogP contribution in [0.2, 0.25) is 0 Å². The monoisotopic (exact) mass is 317 g/mol. The Morgan fingerprint density at radius 3 is 2.78 bits per heavy atom. The standard InChI is InChI=1S/C15H19N5O3/c1-10-9-14-19(6-3-7-20(14)17-10)15(22)5-4-12(21)16-13-8-11(2)18-23-13/h8-9H,3-7H2,1-2H3,(H,16,21). The number of amides is 2. The highest BCUT2D eigenvalue weighted by Crippen LogP contribution is 2.22.